The maximum Gasteiger partial charge on any atom is 0.240 e. The largest absolute Gasteiger partial charge is 0.494 e. The number of hydrogen-bond acceptors (Lipinski definition) is 9. The number of aliphatic imine (C=N–C) groups is 3. The molecule has 32 heavy (non-hydrogen) atoms. The van der Waals surface area contributed by atoms with Crippen LogP contribution in [0.5, 0.6) is 11.5 Å². The molecule has 3 rings (SSSR count). The topological polar surface area (TPSA) is 110 Å². The van der Waals surface area contributed by atoms with Crippen LogP contribution in [-0.4, -0.2) is 32.5 Å². The molecular formula is C23H16N4O5. The molecule has 0 aromatic heterocycles. The van der Waals surface area contributed by atoms with Gasteiger partial charge in [-0.3, -0.25) is 0 Å². The van der Waals surface area contributed by atoms with Crippen LogP contribution < -0.4 is 14.4 Å². The molecule has 9 heteroatoms. The highest BCUT2D eigenvalue weighted by Crippen LogP contribution is 2.46. The molecule has 9 nitrogen and oxygen atoms in total. The third-order valence-corrected chi connectivity index (χ3v) is 4.45. The van der Waals surface area contributed by atoms with Crippen LogP contribution in [0.2, 0.25) is 0 Å². The minimum absolute atomic E-state index is 0.259. The van der Waals surface area contributed by atoms with Crippen LogP contribution in [0.1, 0.15) is 0 Å². The molecule has 0 atom stereocenters. The molecule has 0 N–H and O–H groups in total. The van der Waals surface area contributed by atoms with E-state index in [4.69, 9.17) is 9.47 Å². The Labute approximate surface area is 183 Å². The van der Waals surface area contributed by atoms with Crippen LogP contribution in [-0.2, 0) is 14.4 Å². The molecule has 0 fully saturated rings. The first kappa shape index (κ1) is 21.9. The maximum absolute atomic E-state index is 10.8. The zero-order chi connectivity index (χ0) is 22.9. The highest BCUT2D eigenvalue weighted by atomic mass is 16.5. The van der Waals surface area contributed by atoms with Crippen molar-refractivity contribution in [1.82, 2.24) is 0 Å². The van der Waals surface area contributed by atoms with Gasteiger partial charge in [0.1, 0.15) is 17.2 Å². The van der Waals surface area contributed by atoms with Gasteiger partial charge in [-0.1, -0.05) is 0 Å². The van der Waals surface area contributed by atoms with Gasteiger partial charge in [0.05, 0.1) is 31.3 Å². The summed E-state index contributed by atoms with van der Waals surface area (Å²) in [5.41, 5.74) is 3.13. The molecule has 158 valence electrons. The second-order valence-corrected chi connectivity index (χ2v) is 6.17. The van der Waals surface area contributed by atoms with E-state index in [1.807, 2.05) is 4.90 Å². The Kier molecular flexibility index (Phi) is 7.05. The summed E-state index contributed by atoms with van der Waals surface area (Å²) in [7, 11) is 2.94. The summed E-state index contributed by atoms with van der Waals surface area (Å²) in [4.78, 5) is 44.7. The van der Waals surface area contributed by atoms with E-state index >= 15 is 0 Å². The quantitative estimate of drug-likeness (QED) is 0.366. The van der Waals surface area contributed by atoms with Gasteiger partial charge in [0.25, 0.3) is 0 Å². The van der Waals surface area contributed by atoms with Gasteiger partial charge in [-0.25, -0.2) is 14.4 Å². The third-order valence-electron chi connectivity index (χ3n) is 4.45. The molecule has 0 aliphatic rings. The summed E-state index contributed by atoms with van der Waals surface area (Å²) >= 11 is 0. The van der Waals surface area contributed by atoms with Crippen LogP contribution in [0.15, 0.2) is 75.6 Å². The Balaban J connectivity index is 2.25. The standard InChI is InChI=1S/C23H16N4O5/c1-31-22-12-21(23(32-2)11-20(22)26-15-30)27(18-7-3-16(4-8-18)24-13-28)19-9-5-17(6-10-19)25-14-29/h3-12H,1-2H3. The zero-order valence-corrected chi connectivity index (χ0v) is 17.1. The average molecular weight is 428 g/mol. The minimum atomic E-state index is 0.259. The molecule has 0 spiro atoms. The molecule has 0 saturated carbocycles. The van der Waals surface area contributed by atoms with Crippen molar-refractivity contribution < 1.29 is 23.9 Å². The van der Waals surface area contributed by atoms with E-state index in [1.165, 1.54) is 32.5 Å². The van der Waals surface area contributed by atoms with E-state index in [2.05, 4.69) is 15.0 Å². The molecule has 0 amide bonds. The van der Waals surface area contributed by atoms with E-state index < -0.39 is 0 Å². The lowest BCUT2D eigenvalue weighted by atomic mass is 10.1. The fourth-order valence-electron chi connectivity index (χ4n) is 3.06. The van der Waals surface area contributed by atoms with Gasteiger partial charge in [0, 0.05) is 23.5 Å². The third kappa shape index (κ3) is 4.67. The van der Waals surface area contributed by atoms with Crippen LogP contribution in [0.3, 0.4) is 0 Å². The molecule has 0 aliphatic heterocycles. The number of hydrogen-bond donors (Lipinski definition) is 0. The lowest BCUT2D eigenvalue weighted by Crippen LogP contribution is -2.11. The number of methoxy groups -OCH3 is 2. The summed E-state index contributed by atoms with van der Waals surface area (Å²) in [6.45, 7) is 0. The van der Waals surface area contributed by atoms with Crippen LogP contribution in [0.25, 0.3) is 0 Å². The lowest BCUT2D eigenvalue weighted by molar-refractivity contribution is 0.405. The van der Waals surface area contributed by atoms with E-state index in [-0.39, 0.29) is 5.69 Å². The van der Waals surface area contributed by atoms with Crippen molar-refractivity contribution in [2.24, 2.45) is 15.0 Å². The molecular weight excluding hydrogens is 412 g/mol. The fraction of sp³-hybridized carbons (Fsp3) is 0.0870. The van der Waals surface area contributed by atoms with E-state index in [0.717, 1.165) is 0 Å². The van der Waals surface area contributed by atoms with Crippen LogP contribution in [0, 0.1) is 0 Å². The van der Waals surface area contributed by atoms with E-state index in [1.54, 1.807) is 60.7 Å². The van der Waals surface area contributed by atoms with Gasteiger partial charge in [0.15, 0.2) is 0 Å². The van der Waals surface area contributed by atoms with Gasteiger partial charge in [0.2, 0.25) is 18.2 Å². The Morgan fingerprint density at radius 2 is 1.12 bits per heavy atom. The highest BCUT2D eigenvalue weighted by Gasteiger charge is 2.20. The summed E-state index contributed by atoms with van der Waals surface area (Å²) in [6.07, 6.45) is 4.51. The second kappa shape index (κ2) is 10.3. The number of ether oxygens (including phenoxy) is 2. The number of carbonyl (C=O) groups excluding carboxylic acids is 3. The van der Waals surface area contributed by atoms with Crippen molar-refractivity contribution in [2.75, 3.05) is 19.1 Å². The zero-order valence-electron chi connectivity index (χ0n) is 17.1. The molecule has 0 radical (unpaired) electrons. The Bertz CT molecular complexity index is 1190. The van der Waals surface area contributed by atoms with Gasteiger partial charge in [-0.2, -0.15) is 15.0 Å². The van der Waals surface area contributed by atoms with Gasteiger partial charge in [-0.05, 0) is 48.5 Å². The van der Waals surface area contributed by atoms with Crippen molar-refractivity contribution in [3.8, 4) is 11.5 Å². The van der Waals surface area contributed by atoms with Crippen molar-refractivity contribution in [3.63, 3.8) is 0 Å². The first-order valence-electron chi connectivity index (χ1n) is 9.15. The minimum Gasteiger partial charge on any atom is -0.494 e. The molecule has 0 bridgehead atoms. The molecule has 0 unspecified atom stereocenters. The first-order valence-corrected chi connectivity index (χ1v) is 9.15. The lowest BCUT2D eigenvalue weighted by Gasteiger charge is -2.27. The summed E-state index contributed by atoms with van der Waals surface area (Å²) in [5, 5.41) is 0. The van der Waals surface area contributed by atoms with Crippen molar-refractivity contribution in [3.05, 3.63) is 60.7 Å². The first-order chi connectivity index (χ1) is 15.6. The van der Waals surface area contributed by atoms with E-state index in [9.17, 15) is 14.4 Å². The van der Waals surface area contributed by atoms with Crippen LogP contribution in [0.4, 0.5) is 34.1 Å². The molecule has 0 heterocycles. The number of anilines is 3. The Morgan fingerprint density at radius 3 is 1.53 bits per heavy atom. The van der Waals surface area contributed by atoms with Gasteiger partial charge >= 0.3 is 0 Å². The summed E-state index contributed by atoms with van der Waals surface area (Å²) in [5.74, 6) is 0.739. The van der Waals surface area contributed by atoms with Crippen molar-refractivity contribution >= 4 is 52.4 Å². The monoisotopic (exact) mass is 428 g/mol. The Morgan fingerprint density at radius 1 is 0.656 bits per heavy atom. The van der Waals surface area contributed by atoms with Crippen molar-refractivity contribution in [1.29, 1.82) is 0 Å². The Hall–Kier alpha value is -4.80. The predicted molar refractivity (Wildman–Crippen MR) is 118 cm³/mol. The summed E-state index contributed by atoms with van der Waals surface area (Å²) in [6, 6.07) is 16.9. The van der Waals surface area contributed by atoms with E-state index in [0.29, 0.717) is 39.9 Å². The second-order valence-electron chi connectivity index (χ2n) is 6.17. The average Bonchev–Trinajstić information content (AvgIpc) is 2.82. The molecule has 3 aromatic carbocycles. The number of isocyanates is 3. The van der Waals surface area contributed by atoms with Crippen molar-refractivity contribution in [2.45, 2.75) is 0 Å². The smallest absolute Gasteiger partial charge is 0.240 e. The number of nitrogens with zero attached hydrogens (tertiary/aromatic N) is 4. The van der Waals surface area contributed by atoms with Gasteiger partial charge in [-0.15, -0.1) is 0 Å². The number of rotatable bonds is 8. The number of benzene rings is 3. The fourth-order valence-corrected chi connectivity index (χ4v) is 3.06. The van der Waals surface area contributed by atoms with Gasteiger partial charge < -0.3 is 14.4 Å². The predicted octanol–water partition coefficient (Wildman–Crippen LogP) is 5.08. The normalized spacial score (nSPS) is 9.56. The van der Waals surface area contributed by atoms with Crippen LogP contribution >= 0.6 is 0 Å². The molecule has 0 aliphatic carbocycles. The SMILES string of the molecule is COc1cc(N(c2ccc(N=C=O)cc2)c2ccc(N=C=O)cc2)c(OC)cc1N=C=O. The molecule has 3 aromatic rings. The highest BCUT2D eigenvalue weighted by molar-refractivity contribution is 5.84. The molecule has 0 saturated heterocycles. The maximum atomic E-state index is 10.8. The summed E-state index contributed by atoms with van der Waals surface area (Å²) < 4.78 is 10.9.